The molecule has 1 aliphatic heterocycles. The molecule has 1 atom stereocenters. The highest BCUT2D eigenvalue weighted by atomic mass is 32.2. The van der Waals surface area contributed by atoms with Gasteiger partial charge in [0.05, 0.1) is 17.4 Å². The molecule has 0 aromatic carbocycles. The molecule has 0 radical (unpaired) electrons. The third kappa shape index (κ3) is 6.65. The predicted molar refractivity (Wildman–Crippen MR) is 76.7 cm³/mol. The van der Waals surface area contributed by atoms with Gasteiger partial charge in [-0.2, -0.15) is 0 Å². The summed E-state index contributed by atoms with van der Waals surface area (Å²) in [7, 11) is -3.41. The number of ether oxygens (including phenoxy) is 1. The summed E-state index contributed by atoms with van der Waals surface area (Å²) in [6.07, 6.45) is 2.93. The van der Waals surface area contributed by atoms with Crippen LogP contribution < -0.4 is 15.8 Å². The second-order valence-corrected chi connectivity index (χ2v) is 7.56. The molecule has 0 aliphatic carbocycles. The van der Waals surface area contributed by atoms with Crippen LogP contribution in [-0.2, 0) is 19.6 Å². The van der Waals surface area contributed by atoms with E-state index in [4.69, 9.17) is 10.5 Å². The van der Waals surface area contributed by atoms with Crippen LogP contribution in [0.3, 0.4) is 0 Å². The fraction of sp³-hybridized carbons (Fsp3) is 0.917. The SMILES string of the molecule is CC(C)(N)C(=O)NCCS(=O)(=O)NCC1CCCCO1. The molecule has 0 saturated carbocycles. The molecule has 0 spiro atoms. The lowest BCUT2D eigenvalue weighted by Gasteiger charge is -2.22. The fourth-order valence-electron chi connectivity index (χ4n) is 1.79. The number of hydrogen-bond donors (Lipinski definition) is 3. The van der Waals surface area contributed by atoms with Crippen LogP contribution in [0, 0.1) is 0 Å². The van der Waals surface area contributed by atoms with Gasteiger partial charge in [0.2, 0.25) is 15.9 Å². The molecular weight excluding hydrogens is 282 g/mol. The van der Waals surface area contributed by atoms with Crippen LogP contribution in [-0.4, -0.2) is 51.4 Å². The van der Waals surface area contributed by atoms with E-state index in [1.165, 1.54) is 0 Å². The highest BCUT2D eigenvalue weighted by molar-refractivity contribution is 7.89. The van der Waals surface area contributed by atoms with Gasteiger partial charge in [-0.15, -0.1) is 0 Å². The Labute approximate surface area is 120 Å². The summed E-state index contributed by atoms with van der Waals surface area (Å²) in [5.74, 6) is -0.537. The number of nitrogens with one attached hydrogen (secondary N) is 2. The smallest absolute Gasteiger partial charge is 0.239 e. The van der Waals surface area contributed by atoms with Gasteiger partial charge in [-0.1, -0.05) is 0 Å². The van der Waals surface area contributed by atoms with Crippen molar-refractivity contribution in [1.82, 2.24) is 10.0 Å². The zero-order valence-corrected chi connectivity index (χ0v) is 13.0. The van der Waals surface area contributed by atoms with Crippen LogP contribution in [0.1, 0.15) is 33.1 Å². The van der Waals surface area contributed by atoms with Crippen molar-refractivity contribution in [1.29, 1.82) is 0 Å². The third-order valence-corrected chi connectivity index (χ3v) is 4.39. The molecule has 118 valence electrons. The van der Waals surface area contributed by atoms with E-state index in [0.29, 0.717) is 13.2 Å². The van der Waals surface area contributed by atoms with Gasteiger partial charge in [0.1, 0.15) is 0 Å². The topological polar surface area (TPSA) is 111 Å². The van der Waals surface area contributed by atoms with Crippen LogP contribution in [0.5, 0.6) is 0 Å². The lowest BCUT2D eigenvalue weighted by atomic mass is 10.1. The molecule has 0 aromatic rings. The van der Waals surface area contributed by atoms with Gasteiger partial charge < -0.3 is 15.8 Å². The Morgan fingerprint density at radius 2 is 2.10 bits per heavy atom. The number of sulfonamides is 1. The maximum atomic E-state index is 11.8. The van der Waals surface area contributed by atoms with Crippen molar-refractivity contribution in [3.63, 3.8) is 0 Å². The van der Waals surface area contributed by atoms with Crippen LogP contribution in [0.4, 0.5) is 0 Å². The first-order chi connectivity index (χ1) is 9.21. The first-order valence-corrected chi connectivity index (χ1v) is 8.52. The Kier molecular flexibility index (Phi) is 6.38. The molecule has 1 amide bonds. The summed E-state index contributed by atoms with van der Waals surface area (Å²) in [4.78, 5) is 11.5. The summed E-state index contributed by atoms with van der Waals surface area (Å²) < 4.78 is 31.5. The summed E-state index contributed by atoms with van der Waals surface area (Å²) in [6.45, 7) is 4.15. The standard InChI is InChI=1S/C12H25N3O4S/c1-12(2,13)11(16)14-6-8-20(17,18)15-9-10-5-3-4-7-19-10/h10,15H,3-9,13H2,1-2H3,(H,14,16). The van der Waals surface area contributed by atoms with Crippen LogP contribution >= 0.6 is 0 Å². The highest BCUT2D eigenvalue weighted by Crippen LogP contribution is 2.11. The molecule has 1 saturated heterocycles. The fourth-order valence-corrected chi connectivity index (χ4v) is 2.74. The van der Waals surface area contributed by atoms with Crippen LogP contribution in [0.25, 0.3) is 0 Å². The van der Waals surface area contributed by atoms with Gasteiger partial charge in [-0.25, -0.2) is 13.1 Å². The average Bonchev–Trinajstić information content (AvgIpc) is 2.36. The summed E-state index contributed by atoms with van der Waals surface area (Å²) in [5.41, 5.74) is 4.58. The monoisotopic (exact) mass is 307 g/mol. The lowest BCUT2D eigenvalue weighted by molar-refractivity contribution is -0.125. The molecule has 1 aliphatic rings. The minimum atomic E-state index is -3.41. The second-order valence-electron chi connectivity index (χ2n) is 5.63. The maximum absolute atomic E-state index is 11.8. The molecule has 1 heterocycles. The first kappa shape index (κ1) is 17.4. The van der Waals surface area contributed by atoms with Gasteiger partial charge in [0.15, 0.2) is 0 Å². The normalized spacial score (nSPS) is 20.6. The van der Waals surface area contributed by atoms with Gasteiger partial charge in [-0.3, -0.25) is 4.79 Å². The van der Waals surface area contributed by atoms with Crippen molar-refractivity contribution in [3.05, 3.63) is 0 Å². The van der Waals surface area contributed by atoms with Crippen LogP contribution in [0.15, 0.2) is 0 Å². The van der Waals surface area contributed by atoms with Crippen molar-refractivity contribution >= 4 is 15.9 Å². The molecule has 1 fully saturated rings. The number of amides is 1. The molecule has 20 heavy (non-hydrogen) atoms. The minimum Gasteiger partial charge on any atom is -0.377 e. The van der Waals surface area contributed by atoms with Crippen LogP contribution in [0.2, 0.25) is 0 Å². The van der Waals surface area contributed by atoms with Gasteiger partial charge in [-0.05, 0) is 33.1 Å². The van der Waals surface area contributed by atoms with Crippen molar-refractivity contribution in [2.75, 3.05) is 25.4 Å². The number of hydrogen-bond acceptors (Lipinski definition) is 5. The summed E-state index contributed by atoms with van der Waals surface area (Å²) in [6, 6.07) is 0. The molecule has 0 bridgehead atoms. The van der Waals surface area contributed by atoms with E-state index >= 15 is 0 Å². The zero-order valence-electron chi connectivity index (χ0n) is 12.1. The number of nitrogens with two attached hydrogens (primary N) is 1. The highest BCUT2D eigenvalue weighted by Gasteiger charge is 2.22. The van der Waals surface area contributed by atoms with Gasteiger partial charge in [0.25, 0.3) is 0 Å². The number of carbonyl (C=O) groups is 1. The number of rotatable bonds is 7. The second kappa shape index (κ2) is 7.35. The predicted octanol–water partition coefficient (Wildman–Crippen LogP) is -0.672. The Bertz CT molecular complexity index is 411. The largest absolute Gasteiger partial charge is 0.377 e. The van der Waals surface area contributed by atoms with Crippen molar-refractivity contribution in [2.45, 2.75) is 44.8 Å². The number of carbonyl (C=O) groups excluding carboxylic acids is 1. The molecule has 0 aromatic heterocycles. The quantitative estimate of drug-likeness (QED) is 0.577. The van der Waals surface area contributed by atoms with Crippen molar-refractivity contribution < 1.29 is 17.9 Å². The van der Waals surface area contributed by atoms with E-state index < -0.39 is 15.6 Å². The molecule has 1 rings (SSSR count). The summed E-state index contributed by atoms with van der Waals surface area (Å²) in [5, 5.41) is 2.50. The van der Waals surface area contributed by atoms with Gasteiger partial charge in [0, 0.05) is 19.7 Å². The molecule has 4 N–H and O–H groups in total. The van der Waals surface area contributed by atoms with Crippen molar-refractivity contribution in [3.8, 4) is 0 Å². The third-order valence-electron chi connectivity index (χ3n) is 3.05. The zero-order chi connectivity index (χ0) is 15.2. The van der Waals surface area contributed by atoms with Crippen molar-refractivity contribution in [2.24, 2.45) is 5.73 Å². The van der Waals surface area contributed by atoms with E-state index in [0.717, 1.165) is 19.3 Å². The Balaban J connectivity index is 2.25. The van der Waals surface area contributed by atoms with E-state index in [9.17, 15) is 13.2 Å². The lowest BCUT2D eigenvalue weighted by Crippen LogP contribution is -2.50. The Morgan fingerprint density at radius 1 is 1.40 bits per heavy atom. The van der Waals surface area contributed by atoms with E-state index in [-0.39, 0.29) is 24.3 Å². The van der Waals surface area contributed by atoms with E-state index in [1.54, 1.807) is 13.8 Å². The molecular formula is C12H25N3O4S. The van der Waals surface area contributed by atoms with E-state index in [2.05, 4.69) is 10.0 Å². The average molecular weight is 307 g/mol. The molecule has 7 nitrogen and oxygen atoms in total. The Hall–Kier alpha value is -0.700. The minimum absolute atomic E-state index is 0.0420. The van der Waals surface area contributed by atoms with E-state index in [1.807, 2.05) is 0 Å². The van der Waals surface area contributed by atoms with Gasteiger partial charge >= 0.3 is 0 Å². The maximum Gasteiger partial charge on any atom is 0.239 e. The summed E-state index contributed by atoms with van der Waals surface area (Å²) >= 11 is 0. The first-order valence-electron chi connectivity index (χ1n) is 6.87. The molecule has 1 unspecified atom stereocenters. The molecule has 8 heteroatoms. The Morgan fingerprint density at radius 3 is 2.65 bits per heavy atom.